The van der Waals surface area contributed by atoms with E-state index in [1.54, 1.807) is 30.5 Å². The first kappa shape index (κ1) is 30.0. The highest BCUT2D eigenvalue weighted by Gasteiger charge is 2.62. The SMILES string of the molecule is C=C/C1=N\C(=C)NCCCC2CN(c3nc(-n4ccc(OCCC5(C(F)(F)F)CC5)n4)ccc3C(=O)NS1)C(C)(C)C2. The van der Waals surface area contributed by atoms with Crippen molar-refractivity contribution in [2.24, 2.45) is 16.3 Å². The fourth-order valence-corrected chi connectivity index (χ4v) is 6.20. The number of nitrogens with one attached hydrogen (secondary N) is 2. The number of rotatable bonds is 6. The topological polar surface area (TPSA) is 96.7 Å². The molecule has 1 amide bonds. The Balaban J connectivity index is 1.40. The maximum atomic E-state index is 13.5. The minimum absolute atomic E-state index is 0.0752. The van der Waals surface area contributed by atoms with Crippen molar-refractivity contribution in [3.63, 3.8) is 0 Å². The van der Waals surface area contributed by atoms with Crippen molar-refractivity contribution in [2.75, 3.05) is 24.6 Å². The third-order valence-corrected chi connectivity index (χ3v) is 8.95. The number of amides is 1. The van der Waals surface area contributed by atoms with E-state index in [9.17, 15) is 18.0 Å². The monoisotopic (exact) mass is 603 g/mol. The lowest BCUT2D eigenvalue weighted by atomic mass is 9.93. The van der Waals surface area contributed by atoms with E-state index in [1.165, 1.54) is 4.68 Å². The summed E-state index contributed by atoms with van der Waals surface area (Å²) in [7, 11) is 0. The lowest BCUT2D eigenvalue weighted by Gasteiger charge is -2.34. The molecular weight excluding hydrogens is 567 g/mol. The lowest BCUT2D eigenvalue weighted by Crippen LogP contribution is -2.40. The first-order valence-electron chi connectivity index (χ1n) is 14.1. The standard InChI is InChI=1S/C29H36F3N7O2S/c1-5-24-34-19(2)33-14-6-7-20-17-27(3,4)38(18-20)25-21(26(40)37-42-24)8-9-22(35-25)39-15-10-23(36-39)41-16-13-28(11-12-28)29(30,31)32/h5,8-10,15,20,33H,1-2,6-7,11-14,16-18H2,3-4H3,(H,37,40)/b34-24+. The predicted octanol–water partition coefficient (Wildman–Crippen LogP) is 5.80. The molecule has 1 saturated carbocycles. The van der Waals surface area contributed by atoms with Gasteiger partial charge in [0.1, 0.15) is 16.7 Å². The van der Waals surface area contributed by atoms with E-state index in [0.29, 0.717) is 34.0 Å². The van der Waals surface area contributed by atoms with E-state index in [-0.39, 0.29) is 43.2 Å². The summed E-state index contributed by atoms with van der Waals surface area (Å²) >= 11 is 1.05. The van der Waals surface area contributed by atoms with Crippen molar-refractivity contribution < 1.29 is 22.7 Å². The smallest absolute Gasteiger partial charge is 0.394 e. The van der Waals surface area contributed by atoms with E-state index in [4.69, 9.17) is 9.72 Å². The molecule has 42 heavy (non-hydrogen) atoms. The van der Waals surface area contributed by atoms with Crippen molar-refractivity contribution >= 4 is 28.7 Å². The van der Waals surface area contributed by atoms with Gasteiger partial charge in [-0.1, -0.05) is 13.2 Å². The van der Waals surface area contributed by atoms with Crippen LogP contribution in [0.3, 0.4) is 0 Å². The van der Waals surface area contributed by atoms with Gasteiger partial charge in [0.05, 0.1) is 17.6 Å². The molecular formula is C29H36F3N7O2S. The second-order valence-corrected chi connectivity index (χ2v) is 12.5. The third kappa shape index (κ3) is 6.45. The van der Waals surface area contributed by atoms with Gasteiger partial charge < -0.3 is 15.0 Å². The van der Waals surface area contributed by atoms with Gasteiger partial charge in [-0.05, 0) is 76.5 Å². The Bertz CT molecular complexity index is 1380. The molecule has 226 valence electrons. The number of carbonyl (C=O) groups excluding carboxylic acids is 1. The van der Waals surface area contributed by atoms with Crippen LogP contribution in [0.5, 0.6) is 5.88 Å². The second kappa shape index (κ2) is 11.7. The molecule has 2 fully saturated rings. The van der Waals surface area contributed by atoms with Gasteiger partial charge in [-0.15, -0.1) is 5.10 Å². The number of alkyl halides is 3. The number of fused-ring (bicyclic) bond motifs is 4. The summed E-state index contributed by atoms with van der Waals surface area (Å²) in [6.07, 6.45) is 2.04. The Labute approximate surface area is 247 Å². The van der Waals surface area contributed by atoms with Crippen LogP contribution in [0.25, 0.3) is 5.82 Å². The normalized spacial score (nSPS) is 23.4. The van der Waals surface area contributed by atoms with Crippen LogP contribution in [0.1, 0.15) is 62.7 Å². The zero-order valence-electron chi connectivity index (χ0n) is 23.8. The van der Waals surface area contributed by atoms with Gasteiger partial charge in [0.2, 0.25) is 5.88 Å². The fraction of sp³-hybridized carbons (Fsp3) is 0.517. The molecule has 0 spiro atoms. The van der Waals surface area contributed by atoms with E-state index in [1.807, 2.05) is 0 Å². The van der Waals surface area contributed by atoms with Crippen LogP contribution in [0.15, 0.2) is 54.4 Å². The Kier molecular flexibility index (Phi) is 8.32. The summed E-state index contributed by atoms with van der Waals surface area (Å²) in [5.74, 6) is 1.79. The minimum atomic E-state index is -4.22. The number of carbonyl (C=O) groups is 1. The highest BCUT2D eigenvalue weighted by atomic mass is 32.2. The minimum Gasteiger partial charge on any atom is -0.477 e. The average Bonchev–Trinajstić information content (AvgIpc) is 3.49. The molecule has 2 aliphatic heterocycles. The van der Waals surface area contributed by atoms with Crippen molar-refractivity contribution in [3.8, 4) is 11.7 Å². The summed E-state index contributed by atoms with van der Waals surface area (Å²) in [4.78, 5) is 24.9. The summed E-state index contributed by atoms with van der Waals surface area (Å²) in [5, 5.41) is 8.12. The molecule has 1 aliphatic carbocycles. The zero-order chi connectivity index (χ0) is 30.1. The fourth-order valence-electron chi connectivity index (χ4n) is 5.65. The molecule has 9 nitrogen and oxygen atoms in total. The molecule has 3 aliphatic rings. The number of aliphatic imine (C=N–C) groups is 1. The Morgan fingerprint density at radius 1 is 1.26 bits per heavy atom. The van der Waals surface area contributed by atoms with Crippen LogP contribution in [0.2, 0.25) is 0 Å². The Hall–Kier alpha value is -3.48. The van der Waals surface area contributed by atoms with Crippen LogP contribution in [0.4, 0.5) is 19.0 Å². The molecule has 1 saturated heterocycles. The van der Waals surface area contributed by atoms with Crippen LogP contribution >= 0.6 is 11.9 Å². The van der Waals surface area contributed by atoms with E-state index in [0.717, 1.165) is 44.3 Å². The molecule has 13 heteroatoms. The van der Waals surface area contributed by atoms with Crippen molar-refractivity contribution in [2.45, 2.75) is 64.1 Å². The van der Waals surface area contributed by atoms with Gasteiger partial charge in [0.25, 0.3) is 5.91 Å². The molecule has 0 aromatic carbocycles. The molecule has 4 heterocycles. The molecule has 2 aromatic heterocycles. The number of anilines is 1. The molecule has 2 N–H and O–H groups in total. The Morgan fingerprint density at radius 2 is 2.05 bits per heavy atom. The summed E-state index contributed by atoms with van der Waals surface area (Å²) in [5.41, 5.74) is -1.47. The number of pyridine rings is 1. The Morgan fingerprint density at radius 3 is 2.76 bits per heavy atom. The van der Waals surface area contributed by atoms with Gasteiger partial charge in [-0.3, -0.25) is 9.52 Å². The number of nitrogens with zero attached hydrogens (tertiary/aromatic N) is 5. The van der Waals surface area contributed by atoms with Crippen molar-refractivity contribution in [1.29, 1.82) is 0 Å². The molecule has 2 aromatic rings. The number of aromatic nitrogens is 3. The largest absolute Gasteiger partial charge is 0.477 e. The van der Waals surface area contributed by atoms with Crippen molar-refractivity contribution in [1.82, 2.24) is 24.8 Å². The average molecular weight is 604 g/mol. The lowest BCUT2D eigenvalue weighted by molar-refractivity contribution is -0.190. The van der Waals surface area contributed by atoms with Gasteiger partial charge in [-0.2, -0.15) is 13.2 Å². The van der Waals surface area contributed by atoms with Gasteiger partial charge in [-0.25, -0.2) is 14.7 Å². The highest BCUT2D eigenvalue weighted by molar-refractivity contribution is 8.13. The predicted molar refractivity (Wildman–Crippen MR) is 158 cm³/mol. The molecule has 2 bridgehead atoms. The molecule has 5 rings (SSSR count). The summed E-state index contributed by atoms with van der Waals surface area (Å²) in [6.45, 7) is 13.4. The van der Waals surface area contributed by atoms with Gasteiger partial charge in [0, 0.05) is 42.8 Å². The van der Waals surface area contributed by atoms with Crippen molar-refractivity contribution in [3.05, 3.63) is 55.0 Å². The van der Waals surface area contributed by atoms with Gasteiger partial charge >= 0.3 is 6.18 Å². The number of halogens is 3. The number of ether oxygens (including phenoxy) is 1. The van der Waals surface area contributed by atoms with Crippen LogP contribution in [-0.2, 0) is 0 Å². The quantitative estimate of drug-likeness (QED) is 0.403. The summed E-state index contributed by atoms with van der Waals surface area (Å²) in [6, 6.07) is 5.00. The van der Waals surface area contributed by atoms with Crippen LogP contribution in [-0.4, -0.2) is 57.1 Å². The van der Waals surface area contributed by atoms with E-state index >= 15 is 0 Å². The first-order chi connectivity index (χ1) is 19.9. The maximum Gasteiger partial charge on any atom is 0.394 e. The van der Waals surface area contributed by atoms with Crippen LogP contribution < -0.4 is 19.7 Å². The molecule has 0 radical (unpaired) electrons. The van der Waals surface area contributed by atoms with Gasteiger partial charge in [0.15, 0.2) is 5.82 Å². The second-order valence-electron chi connectivity index (χ2n) is 11.7. The van der Waals surface area contributed by atoms with E-state index < -0.39 is 11.6 Å². The summed E-state index contributed by atoms with van der Waals surface area (Å²) < 4.78 is 49.7. The first-order valence-corrected chi connectivity index (χ1v) is 14.9. The zero-order valence-corrected chi connectivity index (χ0v) is 24.7. The van der Waals surface area contributed by atoms with E-state index in [2.05, 4.69) is 52.0 Å². The number of hydrogen-bond donors (Lipinski definition) is 2. The highest BCUT2D eigenvalue weighted by Crippen LogP contribution is 2.59. The maximum absolute atomic E-state index is 13.5. The number of hydrogen-bond acceptors (Lipinski definition) is 8. The third-order valence-electron chi connectivity index (χ3n) is 8.19. The van der Waals surface area contributed by atoms with Crippen LogP contribution in [0, 0.1) is 11.3 Å². The molecule has 1 unspecified atom stereocenters. The molecule has 1 atom stereocenters.